The first-order valence-corrected chi connectivity index (χ1v) is 6.93. The van der Waals surface area contributed by atoms with Gasteiger partial charge in [0.25, 0.3) is 5.91 Å². The normalized spacial score (nSPS) is 10.2. The molecular weight excluding hydrogens is 260 g/mol. The van der Waals surface area contributed by atoms with E-state index in [1.807, 2.05) is 12.3 Å². The van der Waals surface area contributed by atoms with E-state index < -0.39 is 0 Å². The van der Waals surface area contributed by atoms with Crippen LogP contribution >= 0.6 is 11.3 Å². The van der Waals surface area contributed by atoms with Crippen LogP contribution in [0, 0.1) is 0 Å². The smallest absolute Gasteiger partial charge is 0.251 e. The predicted molar refractivity (Wildman–Crippen MR) is 78.3 cm³/mol. The van der Waals surface area contributed by atoms with Crippen LogP contribution in [0.4, 0.5) is 11.4 Å². The summed E-state index contributed by atoms with van der Waals surface area (Å²) in [6.07, 6.45) is 0. The summed E-state index contributed by atoms with van der Waals surface area (Å²) in [4.78, 5) is 15.9. The Balaban J connectivity index is 2.10. The van der Waals surface area contributed by atoms with E-state index in [9.17, 15) is 4.79 Å². The van der Waals surface area contributed by atoms with E-state index in [2.05, 4.69) is 15.6 Å². The summed E-state index contributed by atoms with van der Waals surface area (Å²) in [5.74, 6) is -0.0980. The zero-order valence-corrected chi connectivity index (χ0v) is 11.5. The fourth-order valence-electron chi connectivity index (χ4n) is 1.62. The summed E-state index contributed by atoms with van der Waals surface area (Å²) in [6.45, 7) is 3.08. The lowest BCUT2D eigenvalue weighted by Crippen LogP contribution is -2.22. The van der Waals surface area contributed by atoms with Gasteiger partial charge in [0, 0.05) is 17.5 Å². The highest BCUT2D eigenvalue weighted by Crippen LogP contribution is 2.20. The quantitative estimate of drug-likeness (QED) is 0.730. The van der Waals surface area contributed by atoms with Crippen molar-refractivity contribution in [1.29, 1.82) is 0 Å². The molecule has 1 aromatic carbocycles. The number of thiazole rings is 1. The number of hydrogen-bond acceptors (Lipinski definition) is 5. The van der Waals surface area contributed by atoms with Crippen LogP contribution in [-0.4, -0.2) is 17.4 Å². The van der Waals surface area contributed by atoms with E-state index in [4.69, 9.17) is 5.73 Å². The molecule has 0 bridgehead atoms. The fraction of sp³-hybridized carbons (Fsp3) is 0.231. The van der Waals surface area contributed by atoms with E-state index in [1.165, 1.54) is 0 Å². The topological polar surface area (TPSA) is 80.0 Å². The molecule has 2 aromatic rings. The van der Waals surface area contributed by atoms with Crippen molar-refractivity contribution < 1.29 is 4.79 Å². The second kappa shape index (κ2) is 6.19. The van der Waals surface area contributed by atoms with E-state index in [0.29, 0.717) is 24.3 Å². The minimum atomic E-state index is -0.0980. The third-order valence-electron chi connectivity index (χ3n) is 2.60. The molecule has 1 amide bonds. The maximum absolute atomic E-state index is 11.8. The van der Waals surface area contributed by atoms with Crippen LogP contribution in [0.3, 0.4) is 0 Å². The number of carbonyl (C=O) groups is 1. The van der Waals surface area contributed by atoms with Crippen LogP contribution in [0.2, 0.25) is 0 Å². The van der Waals surface area contributed by atoms with E-state index >= 15 is 0 Å². The van der Waals surface area contributed by atoms with Crippen molar-refractivity contribution in [3.8, 4) is 0 Å². The maximum atomic E-state index is 11.8. The number of nitrogen functional groups attached to an aromatic ring is 1. The Bertz CT molecular complexity index is 554. The number of anilines is 2. The number of nitrogens with one attached hydrogen (secondary N) is 2. The van der Waals surface area contributed by atoms with Gasteiger partial charge in [-0.2, -0.15) is 0 Å². The van der Waals surface area contributed by atoms with E-state index in [-0.39, 0.29) is 5.91 Å². The Hall–Kier alpha value is -2.08. The number of benzene rings is 1. The van der Waals surface area contributed by atoms with Crippen LogP contribution in [-0.2, 0) is 6.54 Å². The minimum Gasteiger partial charge on any atom is -0.397 e. The first kappa shape index (κ1) is 13.4. The number of nitrogens with two attached hydrogens (primary N) is 1. The molecule has 5 nitrogen and oxygen atoms in total. The monoisotopic (exact) mass is 276 g/mol. The van der Waals surface area contributed by atoms with Gasteiger partial charge in [-0.25, -0.2) is 4.98 Å². The Morgan fingerprint density at radius 2 is 2.32 bits per heavy atom. The van der Waals surface area contributed by atoms with Crippen molar-refractivity contribution in [2.45, 2.75) is 13.5 Å². The van der Waals surface area contributed by atoms with E-state index in [0.717, 1.165) is 11.4 Å². The molecule has 0 fully saturated rings. The molecule has 6 heteroatoms. The number of aromatic nitrogens is 1. The summed E-state index contributed by atoms with van der Waals surface area (Å²) in [7, 11) is 0. The molecule has 0 saturated heterocycles. The molecule has 1 aromatic heterocycles. The third-order valence-corrected chi connectivity index (χ3v) is 3.23. The van der Waals surface area contributed by atoms with Crippen molar-refractivity contribution >= 4 is 28.6 Å². The van der Waals surface area contributed by atoms with Crippen LogP contribution in [0.25, 0.3) is 0 Å². The van der Waals surface area contributed by atoms with Crippen LogP contribution < -0.4 is 16.4 Å². The average molecular weight is 276 g/mol. The van der Waals surface area contributed by atoms with Gasteiger partial charge < -0.3 is 16.4 Å². The molecule has 0 unspecified atom stereocenters. The number of rotatable bonds is 5. The average Bonchev–Trinajstić information content (AvgIpc) is 2.91. The van der Waals surface area contributed by atoms with Crippen molar-refractivity contribution in [3.63, 3.8) is 0 Å². The predicted octanol–water partition coefficient (Wildman–Crippen LogP) is 2.09. The van der Waals surface area contributed by atoms with Gasteiger partial charge in [-0.1, -0.05) is 0 Å². The zero-order chi connectivity index (χ0) is 13.7. The molecule has 19 heavy (non-hydrogen) atoms. The van der Waals surface area contributed by atoms with Crippen LogP contribution in [0.15, 0.2) is 29.1 Å². The second-order valence-electron chi connectivity index (χ2n) is 3.99. The molecule has 0 aliphatic rings. The van der Waals surface area contributed by atoms with Gasteiger partial charge in [-0.15, -0.1) is 11.3 Å². The first-order valence-electron chi connectivity index (χ1n) is 5.99. The van der Waals surface area contributed by atoms with Crippen LogP contribution in [0.1, 0.15) is 23.0 Å². The van der Waals surface area contributed by atoms with Crippen molar-refractivity contribution in [2.24, 2.45) is 0 Å². The lowest BCUT2D eigenvalue weighted by Gasteiger charge is -2.10. The standard InChI is InChI=1S/C13H16N4OS/c1-2-15-13(18)9-3-4-11(14)12(5-9)16-6-10-7-19-8-17-10/h3-5,7-8,16H,2,6,14H2,1H3,(H,15,18). The second-order valence-corrected chi connectivity index (χ2v) is 4.71. The van der Waals surface area contributed by atoms with Crippen LogP contribution in [0.5, 0.6) is 0 Å². The molecule has 100 valence electrons. The summed E-state index contributed by atoms with van der Waals surface area (Å²) in [5, 5.41) is 7.92. The molecule has 4 N–H and O–H groups in total. The highest BCUT2D eigenvalue weighted by molar-refractivity contribution is 7.07. The summed E-state index contributed by atoms with van der Waals surface area (Å²) in [6, 6.07) is 5.20. The summed E-state index contributed by atoms with van der Waals surface area (Å²) < 4.78 is 0. The summed E-state index contributed by atoms with van der Waals surface area (Å²) in [5.41, 5.74) is 10.6. The number of carbonyl (C=O) groups excluding carboxylic acids is 1. The van der Waals surface area contributed by atoms with Gasteiger partial charge in [0.1, 0.15) is 0 Å². The molecule has 1 heterocycles. The molecule has 0 atom stereocenters. The number of nitrogens with zero attached hydrogens (tertiary/aromatic N) is 1. The largest absolute Gasteiger partial charge is 0.397 e. The van der Waals surface area contributed by atoms with Gasteiger partial charge in [0.2, 0.25) is 0 Å². The summed E-state index contributed by atoms with van der Waals surface area (Å²) >= 11 is 1.55. The molecule has 0 spiro atoms. The van der Waals surface area contributed by atoms with E-state index in [1.54, 1.807) is 35.0 Å². The first-order chi connectivity index (χ1) is 9.20. The van der Waals surface area contributed by atoms with Gasteiger partial charge >= 0.3 is 0 Å². The Labute approximate surface area is 115 Å². The molecule has 0 aliphatic carbocycles. The minimum absolute atomic E-state index is 0.0980. The Morgan fingerprint density at radius 3 is 3.00 bits per heavy atom. The van der Waals surface area contributed by atoms with Gasteiger partial charge in [-0.3, -0.25) is 4.79 Å². The van der Waals surface area contributed by atoms with Gasteiger partial charge in [0.15, 0.2) is 0 Å². The molecule has 0 radical (unpaired) electrons. The molecule has 0 aliphatic heterocycles. The number of hydrogen-bond donors (Lipinski definition) is 3. The lowest BCUT2D eigenvalue weighted by molar-refractivity contribution is 0.0956. The highest BCUT2D eigenvalue weighted by atomic mass is 32.1. The maximum Gasteiger partial charge on any atom is 0.251 e. The third kappa shape index (κ3) is 3.45. The Morgan fingerprint density at radius 1 is 1.47 bits per heavy atom. The fourth-order valence-corrected chi connectivity index (χ4v) is 2.18. The molecule has 0 saturated carbocycles. The number of amides is 1. The molecular formula is C13H16N4OS. The highest BCUT2D eigenvalue weighted by Gasteiger charge is 2.07. The van der Waals surface area contributed by atoms with Crippen molar-refractivity contribution in [1.82, 2.24) is 10.3 Å². The SMILES string of the molecule is CCNC(=O)c1ccc(N)c(NCc2cscn2)c1. The van der Waals surface area contributed by atoms with Gasteiger partial charge in [-0.05, 0) is 25.1 Å². The van der Waals surface area contributed by atoms with Crippen molar-refractivity contribution in [3.05, 3.63) is 40.3 Å². The zero-order valence-electron chi connectivity index (χ0n) is 10.6. The molecule has 2 rings (SSSR count). The van der Waals surface area contributed by atoms with Gasteiger partial charge in [0.05, 0.1) is 29.1 Å². The van der Waals surface area contributed by atoms with Crippen molar-refractivity contribution in [2.75, 3.05) is 17.6 Å². The lowest BCUT2D eigenvalue weighted by atomic mass is 10.1. The Kier molecular flexibility index (Phi) is 4.35.